The second kappa shape index (κ2) is 4.96. The van der Waals surface area contributed by atoms with Gasteiger partial charge in [0.25, 0.3) is 0 Å². The molecule has 0 spiro atoms. The van der Waals surface area contributed by atoms with E-state index in [0.29, 0.717) is 5.56 Å². The molecular weight excluding hydrogens is 262 g/mol. The van der Waals surface area contributed by atoms with Crippen molar-refractivity contribution in [2.75, 3.05) is 0 Å². The summed E-state index contributed by atoms with van der Waals surface area (Å²) in [6.07, 6.45) is 0. The maximum atomic E-state index is 8.72. The lowest BCUT2D eigenvalue weighted by atomic mass is 10.0. The molecule has 0 bridgehead atoms. The lowest BCUT2D eigenvalue weighted by Crippen LogP contribution is -1.92. The minimum Gasteiger partial charge on any atom is -0.192 e. The van der Waals surface area contributed by atoms with Crippen LogP contribution in [0.25, 0.3) is 0 Å². The van der Waals surface area contributed by atoms with Crippen LogP contribution in [0, 0.1) is 11.3 Å². The third kappa shape index (κ3) is 2.32. The maximum absolute atomic E-state index is 8.72. The van der Waals surface area contributed by atoms with Crippen molar-refractivity contribution in [2.45, 2.75) is 4.83 Å². The minimum absolute atomic E-state index is 0.182. The van der Waals surface area contributed by atoms with Gasteiger partial charge < -0.3 is 0 Å². The van der Waals surface area contributed by atoms with Gasteiger partial charge in [-0.2, -0.15) is 5.26 Å². The van der Waals surface area contributed by atoms with Crippen molar-refractivity contribution in [2.24, 2.45) is 0 Å². The maximum Gasteiger partial charge on any atom is 0.0991 e. The van der Waals surface area contributed by atoms with E-state index in [4.69, 9.17) is 5.26 Å². The van der Waals surface area contributed by atoms with Crippen LogP contribution >= 0.6 is 15.9 Å². The fourth-order valence-electron chi connectivity index (χ4n) is 1.54. The predicted octanol–water partition coefficient (Wildman–Crippen LogP) is 4.04. The number of benzene rings is 2. The third-order valence-corrected chi connectivity index (χ3v) is 3.48. The van der Waals surface area contributed by atoms with Gasteiger partial charge in [-0.1, -0.05) is 58.4 Å². The second-order valence-electron chi connectivity index (χ2n) is 3.51. The first-order valence-electron chi connectivity index (χ1n) is 5.00. The second-order valence-corrected chi connectivity index (χ2v) is 4.42. The van der Waals surface area contributed by atoms with Crippen LogP contribution in [0.5, 0.6) is 0 Å². The molecule has 0 saturated heterocycles. The Morgan fingerprint density at radius 1 is 0.875 bits per heavy atom. The van der Waals surface area contributed by atoms with E-state index in [-0.39, 0.29) is 4.83 Å². The molecule has 0 aliphatic carbocycles. The number of hydrogen-bond acceptors (Lipinski definition) is 1. The van der Waals surface area contributed by atoms with Crippen LogP contribution < -0.4 is 0 Å². The van der Waals surface area contributed by atoms with Gasteiger partial charge in [0.15, 0.2) is 0 Å². The first-order chi connectivity index (χ1) is 7.81. The molecule has 0 aliphatic rings. The normalized spacial score (nSPS) is 11.8. The number of alkyl halides is 1. The Bertz CT molecular complexity index is 497. The van der Waals surface area contributed by atoms with Crippen LogP contribution in [0.15, 0.2) is 54.6 Å². The Kier molecular flexibility index (Phi) is 3.38. The highest BCUT2D eigenvalue weighted by Crippen LogP contribution is 2.30. The van der Waals surface area contributed by atoms with Gasteiger partial charge >= 0.3 is 0 Å². The molecular formula is C14H10BrN. The van der Waals surface area contributed by atoms with Crippen molar-refractivity contribution < 1.29 is 0 Å². The topological polar surface area (TPSA) is 23.8 Å². The zero-order valence-electron chi connectivity index (χ0n) is 8.60. The van der Waals surface area contributed by atoms with Gasteiger partial charge in [0.2, 0.25) is 0 Å². The number of hydrogen-bond donors (Lipinski definition) is 0. The van der Waals surface area contributed by atoms with E-state index in [1.807, 2.05) is 42.5 Å². The molecule has 0 aromatic heterocycles. The SMILES string of the molecule is N#Cc1ccc(C(Br)c2ccccc2)cc1. The van der Waals surface area contributed by atoms with Crippen molar-refractivity contribution in [1.82, 2.24) is 0 Å². The van der Waals surface area contributed by atoms with Crippen LogP contribution in [0.2, 0.25) is 0 Å². The molecule has 0 N–H and O–H groups in total. The van der Waals surface area contributed by atoms with Crippen molar-refractivity contribution in [3.05, 3.63) is 71.3 Å². The van der Waals surface area contributed by atoms with Gasteiger partial charge in [-0.15, -0.1) is 0 Å². The monoisotopic (exact) mass is 271 g/mol. The average Bonchev–Trinajstić information content (AvgIpc) is 2.39. The van der Waals surface area contributed by atoms with Gasteiger partial charge in [-0.05, 0) is 23.3 Å². The van der Waals surface area contributed by atoms with Gasteiger partial charge in [0.05, 0.1) is 16.5 Å². The molecule has 78 valence electrons. The fourth-order valence-corrected chi connectivity index (χ4v) is 2.15. The largest absolute Gasteiger partial charge is 0.192 e. The third-order valence-electron chi connectivity index (χ3n) is 2.42. The Morgan fingerprint density at radius 3 is 2.00 bits per heavy atom. The molecule has 0 fully saturated rings. The van der Waals surface area contributed by atoms with Crippen LogP contribution in [0.3, 0.4) is 0 Å². The Hall–Kier alpha value is -1.59. The molecule has 2 heteroatoms. The van der Waals surface area contributed by atoms with E-state index < -0.39 is 0 Å². The summed E-state index contributed by atoms with van der Waals surface area (Å²) in [5, 5.41) is 8.72. The quantitative estimate of drug-likeness (QED) is 0.757. The van der Waals surface area contributed by atoms with Crippen LogP contribution in [-0.2, 0) is 0 Å². The van der Waals surface area contributed by atoms with Crippen LogP contribution in [-0.4, -0.2) is 0 Å². The van der Waals surface area contributed by atoms with Gasteiger partial charge in [-0.25, -0.2) is 0 Å². The van der Waals surface area contributed by atoms with E-state index in [1.165, 1.54) is 5.56 Å². The Labute approximate surface area is 103 Å². The van der Waals surface area contributed by atoms with Crippen molar-refractivity contribution in [3.8, 4) is 6.07 Å². The molecule has 0 saturated carbocycles. The van der Waals surface area contributed by atoms with Crippen molar-refractivity contribution in [1.29, 1.82) is 5.26 Å². The molecule has 2 aromatic carbocycles. The highest BCUT2D eigenvalue weighted by molar-refractivity contribution is 9.09. The molecule has 0 amide bonds. The average molecular weight is 272 g/mol. The number of halogens is 1. The molecule has 1 unspecified atom stereocenters. The summed E-state index contributed by atoms with van der Waals surface area (Å²) in [4.78, 5) is 0.182. The predicted molar refractivity (Wildman–Crippen MR) is 68.4 cm³/mol. The number of nitrogens with zero attached hydrogens (tertiary/aromatic N) is 1. The Morgan fingerprint density at radius 2 is 1.44 bits per heavy atom. The van der Waals surface area contributed by atoms with Gasteiger partial charge in [-0.3, -0.25) is 0 Å². The van der Waals surface area contributed by atoms with Gasteiger partial charge in [0, 0.05) is 0 Å². The fraction of sp³-hybridized carbons (Fsp3) is 0.0714. The van der Waals surface area contributed by atoms with Crippen LogP contribution in [0.1, 0.15) is 21.5 Å². The van der Waals surface area contributed by atoms with E-state index in [0.717, 1.165) is 5.56 Å². The molecule has 16 heavy (non-hydrogen) atoms. The molecule has 0 aliphatic heterocycles. The molecule has 0 radical (unpaired) electrons. The highest BCUT2D eigenvalue weighted by atomic mass is 79.9. The molecule has 2 aromatic rings. The zero-order chi connectivity index (χ0) is 11.4. The first-order valence-corrected chi connectivity index (χ1v) is 5.92. The Balaban J connectivity index is 2.28. The smallest absolute Gasteiger partial charge is 0.0991 e. The summed E-state index contributed by atoms with van der Waals surface area (Å²) in [5.74, 6) is 0. The summed E-state index contributed by atoms with van der Waals surface area (Å²) in [7, 11) is 0. The van der Waals surface area contributed by atoms with Crippen molar-refractivity contribution >= 4 is 15.9 Å². The lowest BCUT2D eigenvalue weighted by Gasteiger charge is -2.10. The lowest BCUT2D eigenvalue weighted by molar-refractivity contribution is 1.18. The van der Waals surface area contributed by atoms with E-state index in [9.17, 15) is 0 Å². The molecule has 0 heterocycles. The summed E-state index contributed by atoms with van der Waals surface area (Å²) >= 11 is 3.66. The molecule has 1 atom stereocenters. The zero-order valence-corrected chi connectivity index (χ0v) is 10.2. The van der Waals surface area contributed by atoms with Crippen molar-refractivity contribution in [3.63, 3.8) is 0 Å². The first kappa shape index (κ1) is 10.9. The number of rotatable bonds is 2. The van der Waals surface area contributed by atoms with Gasteiger partial charge in [0.1, 0.15) is 0 Å². The molecule has 1 nitrogen and oxygen atoms in total. The van der Waals surface area contributed by atoms with E-state index >= 15 is 0 Å². The summed E-state index contributed by atoms with van der Waals surface area (Å²) in [6, 6.07) is 20.0. The van der Waals surface area contributed by atoms with E-state index in [2.05, 4.69) is 34.1 Å². The van der Waals surface area contributed by atoms with Crippen LogP contribution in [0.4, 0.5) is 0 Å². The minimum atomic E-state index is 0.182. The summed E-state index contributed by atoms with van der Waals surface area (Å²) in [6.45, 7) is 0. The van der Waals surface area contributed by atoms with E-state index in [1.54, 1.807) is 0 Å². The molecule has 2 rings (SSSR count). The number of nitriles is 1. The summed E-state index contributed by atoms with van der Waals surface area (Å²) < 4.78 is 0. The summed E-state index contributed by atoms with van der Waals surface area (Å²) in [5.41, 5.74) is 3.06. The standard InChI is InChI=1S/C14H10BrN/c15-14(12-4-2-1-3-5-12)13-8-6-11(10-16)7-9-13/h1-9,14H. The highest BCUT2D eigenvalue weighted by Gasteiger charge is 2.08.